The van der Waals surface area contributed by atoms with Gasteiger partial charge >= 0.3 is 5.97 Å². The lowest BCUT2D eigenvalue weighted by Gasteiger charge is -2.18. The molecule has 2 N–H and O–H groups in total. The first-order chi connectivity index (χ1) is 10.0. The number of carboxylic acid groups (broad SMARTS) is 1. The van der Waals surface area contributed by atoms with Gasteiger partial charge < -0.3 is 10.4 Å². The number of nitrogens with zero attached hydrogens (tertiary/aromatic N) is 1. The van der Waals surface area contributed by atoms with Crippen molar-refractivity contribution in [2.75, 3.05) is 5.32 Å². The monoisotopic (exact) mass is 292 g/mol. The predicted octanol–water partition coefficient (Wildman–Crippen LogP) is 3.62. The summed E-state index contributed by atoms with van der Waals surface area (Å²) >= 11 is 0. The molecule has 1 aromatic heterocycles. The number of carboxylic acids is 1. The van der Waals surface area contributed by atoms with Crippen LogP contribution < -0.4 is 5.32 Å². The molecule has 2 aromatic rings. The molecular weight excluding hydrogens is 278 g/mol. The molecule has 0 fully saturated rings. The number of benzene rings is 1. The maximum absolute atomic E-state index is 13.3. The van der Waals surface area contributed by atoms with Crippen molar-refractivity contribution in [3.63, 3.8) is 0 Å². The van der Waals surface area contributed by atoms with Gasteiger partial charge in [-0.05, 0) is 36.8 Å². The van der Waals surface area contributed by atoms with E-state index in [1.165, 1.54) is 18.2 Å². The lowest BCUT2D eigenvalue weighted by Crippen LogP contribution is -2.12. The first-order valence-corrected chi connectivity index (χ1v) is 6.42. The number of nitrogens with one attached hydrogen (secondary N) is 1. The fraction of sp³-hybridized carbons (Fsp3) is 0.200. The summed E-state index contributed by atoms with van der Waals surface area (Å²) in [6.45, 7) is 1.91. The van der Waals surface area contributed by atoms with E-state index >= 15 is 0 Å². The Morgan fingerprint density at radius 1 is 1.33 bits per heavy atom. The zero-order valence-electron chi connectivity index (χ0n) is 11.3. The molecule has 0 saturated carbocycles. The Kier molecular flexibility index (Phi) is 4.47. The van der Waals surface area contributed by atoms with Crippen molar-refractivity contribution in [3.8, 4) is 0 Å². The van der Waals surface area contributed by atoms with Gasteiger partial charge in [0.1, 0.15) is 11.6 Å². The molecule has 0 amide bonds. The summed E-state index contributed by atoms with van der Waals surface area (Å²) in [6, 6.07) is 6.41. The maximum atomic E-state index is 13.3. The van der Waals surface area contributed by atoms with E-state index < -0.39 is 23.2 Å². The summed E-state index contributed by atoms with van der Waals surface area (Å²) in [6.07, 6.45) is 1.77. The molecule has 0 radical (unpaired) electrons. The molecule has 4 nitrogen and oxygen atoms in total. The van der Waals surface area contributed by atoms with Crippen LogP contribution in [0.3, 0.4) is 0 Å². The van der Waals surface area contributed by atoms with Gasteiger partial charge in [-0.1, -0.05) is 6.92 Å². The lowest BCUT2D eigenvalue weighted by atomic mass is 10.1. The second-order valence-electron chi connectivity index (χ2n) is 4.51. The number of aromatic carboxylic acids is 1. The van der Waals surface area contributed by atoms with E-state index in [2.05, 4.69) is 10.3 Å². The van der Waals surface area contributed by atoms with Gasteiger partial charge in [-0.25, -0.2) is 13.6 Å². The van der Waals surface area contributed by atoms with Crippen LogP contribution in [0.4, 0.5) is 14.5 Å². The highest BCUT2D eigenvalue weighted by molar-refractivity contribution is 5.89. The number of carbonyl (C=O) groups is 1. The summed E-state index contributed by atoms with van der Waals surface area (Å²) in [7, 11) is 0. The van der Waals surface area contributed by atoms with Crippen molar-refractivity contribution in [3.05, 3.63) is 59.4 Å². The summed E-state index contributed by atoms with van der Waals surface area (Å²) < 4.78 is 26.2. The van der Waals surface area contributed by atoms with Gasteiger partial charge in [0.2, 0.25) is 0 Å². The standard InChI is InChI=1S/C15H14F2N2O2/c1-2-13(14-6-3-9(16)8-18-14)19-10-4-5-12(17)11(7-10)15(20)21/h3-8,13,19H,2H2,1H3,(H,20,21). The molecule has 2 rings (SSSR count). The molecule has 0 spiro atoms. The van der Waals surface area contributed by atoms with Crippen molar-refractivity contribution < 1.29 is 18.7 Å². The highest BCUT2D eigenvalue weighted by Crippen LogP contribution is 2.23. The van der Waals surface area contributed by atoms with Crippen molar-refractivity contribution in [2.45, 2.75) is 19.4 Å². The summed E-state index contributed by atoms with van der Waals surface area (Å²) in [5.74, 6) is -2.55. The van der Waals surface area contributed by atoms with Gasteiger partial charge in [-0.3, -0.25) is 4.98 Å². The van der Waals surface area contributed by atoms with E-state index in [9.17, 15) is 13.6 Å². The Labute approximate surface area is 120 Å². The molecule has 6 heteroatoms. The van der Waals surface area contributed by atoms with Gasteiger partial charge in [-0.15, -0.1) is 0 Å². The van der Waals surface area contributed by atoms with Gasteiger partial charge in [0.05, 0.1) is 23.5 Å². The fourth-order valence-corrected chi connectivity index (χ4v) is 1.96. The molecule has 1 atom stereocenters. The van der Waals surface area contributed by atoms with Crippen molar-refractivity contribution in [2.24, 2.45) is 0 Å². The van der Waals surface area contributed by atoms with Crippen LogP contribution in [0, 0.1) is 11.6 Å². The van der Waals surface area contributed by atoms with Crippen LogP contribution >= 0.6 is 0 Å². The Hall–Kier alpha value is -2.50. The summed E-state index contributed by atoms with van der Waals surface area (Å²) in [5, 5.41) is 12.0. The molecule has 1 heterocycles. The average molecular weight is 292 g/mol. The van der Waals surface area contributed by atoms with Crippen molar-refractivity contribution in [1.82, 2.24) is 4.98 Å². The average Bonchev–Trinajstić information content (AvgIpc) is 2.47. The van der Waals surface area contributed by atoms with Crippen LogP contribution in [0.25, 0.3) is 0 Å². The fourth-order valence-electron chi connectivity index (χ4n) is 1.96. The van der Waals surface area contributed by atoms with Crippen LogP contribution in [0.15, 0.2) is 36.5 Å². The molecule has 1 unspecified atom stereocenters. The van der Waals surface area contributed by atoms with Crippen LogP contribution in [-0.4, -0.2) is 16.1 Å². The Morgan fingerprint density at radius 3 is 2.67 bits per heavy atom. The second-order valence-corrected chi connectivity index (χ2v) is 4.51. The van der Waals surface area contributed by atoms with Crippen LogP contribution in [0.1, 0.15) is 35.4 Å². The third kappa shape index (κ3) is 3.53. The molecule has 110 valence electrons. The lowest BCUT2D eigenvalue weighted by molar-refractivity contribution is 0.0692. The van der Waals surface area contributed by atoms with Gasteiger partial charge in [-0.2, -0.15) is 0 Å². The first kappa shape index (κ1) is 14.9. The molecule has 0 saturated heterocycles. The zero-order valence-corrected chi connectivity index (χ0v) is 11.3. The molecule has 1 aromatic carbocycles. The van der Waals surface area contributed by atoms with E-state index in [-0.39, 0.29) is 6.04 Å². The second kappa shape index (κ2) is 6.30. The number of pyridine rings is 1. The minimum atomic E-state index is -1.33. The van der Waals surface area contributed by atoms with E-state index in [1.807, 2.05) is 6.92 Å². The topological polar surface area (TPSA) is 62.2 Å². The molecule has 0 aliphatic rings. The number of anilines is 1. The third-order valence-electron chi connectivity index (χ3n) is 3.05. The van der Waals surface area contributed by atoms with Crippen molar-refractivity contribution >= 4 is 11.7 Å². The molecule has 0 bridgehead atoms. The first-order valence-electron chi connectivity index (χ1n) is 6.42. The SMILES string of the molecule is CCC(Nc1ccc(F)c(C(=O)O)c1)c1ccc(F)cn1. The predicted molar refractivity (Wildman–Crippen MR) is 74.2 cm³/mol. The van der Waals surface area contributed by atoms with Gasteiger partial charge in [0, 0.05) is 5.69 Å². The van der Waals surface area contributed by atoms with Gasteiger partial charge in [0.15, 0.2) is 0 Å². The highest BCUT2D eigenvalue weighted by Gasteiger charge is 2.14. The van der Waals surface area contributed by atoms with Gasteiger partial charge in [0.25, 0.3) is 0 Å². The van der Waals surface area contributed by atoms with E-state index in [0.717, 1.165) is 12.3 Å². The zero-order chi connectivity index (χ0) is 15.4. The highest BCUT2D eigenvalue weighted by atomic mass is 19.1. The molecular formula is C15H14F2N2O2. The summed E-state index contributed by atoms with van der Waals surface area (Å²) in [4.78, 5) is 14.9. The molecule has 0 aliphatic carbocycles. The molecule has 21 heavy (non-hydrogen) atoms. The minimum Gasteiger partial charge on any atom is -0.478 e. The number of hydrogen-bond acceptors (Lipinski definition) is 3. The quantitative estimate of drug-likeness (QED) is 0.883. The number of rotatable bonds is 5. The van der Waals surface area contributed by atoms with Crippen LogP contribution in [-0.2, 0) is 0 Å². The Morgan fingerprint density at radius 2 is 2.10 bits per heavy atom. The van der Waals surface area contributed by atoms with Crippen LogP contribution in [0.5, 0.6) is 0 Å². The van der Waals surface area contributed by atoms with Crippen LogP contribution in [0.2, 0.25) is 0 Å². The Balaban J connectivity index is 2.24. The number of aromatic nitrogens is 1. The van der Waals surface area contributed by atoms with Crippen molar-refractivity contribution in [1.29, 1.82) is 0 Å². The minimum absolute atomic E-state index is 0.224. The third-order valence-corrected chi connectivity index (χ3v) is 3.05. The Bertz CT molecular complexity index is 645. The largest absolute Gasteiger partial charge is 0.478 e. The van der Waals surface area contributed by atoms with E-state index in [1.54, 1.807) is 6.07 Å². The van der Waals surface area contributed by atoms with E-state index in [0.29, 0.717) is 17.8 Å². The smallest absolute Gasteiger partial charge is 0.338 e. The maximum Gasteiger partial charge on any atom is 0.338 e. The summed E-state index contributed by atoms with van der Waals surface area (Å²) in [5.41, 5.74) is 0.689. The number of halogens is 2. The number of hydrogen-bond donors (Lipinski definition) is 2. The normalized spacial score (nSPS) is 12.0. The molecule has 0 aliphatic heterocycles. The van der Waals surface area contributed by atoms with E-state index in [4.69, 9.17) is 5.11 Å².